The number of hydrogen-bond donors (Lipinski definition) is 1. The summed E-state index contributed by atoms with van der Waals surface area (Å²) in [6, 6.07) is 0. The largest absolute Gasteiger partial charge is 0.462 e. The maximum absolute atomic E-state index is 11.1. The van der Waals surface area contributed by atoms with Crippen LogP contribution in [-0.2, 0) is 19.1 Å². The van der Waals surface area contributed by atoms with E-state index in [2.05, 4.69) is 0 Å². The average Bonchev–Trinajstić information content (AvgIpc) is 2.65. The fraction of sp³-hybridized carbons (Fsp3) is 0.818. The average molecular weight is 228 g/mol. The number of esters is 2. The topological polar surface area (TPSA) is 72.8 Å². The highest BCUT2D eigenvalue weighted by Crippen LogP contribution is 2.44. The minimum atomic E-state index is -0.320. The number of carbonyl (C=O) groups is 2. The van der Waals surface area contributed by atoms with E-state index < -0.39 is 0 Å². The predicted octanol–water partition coefficient (Wildman–Crippen LogP) is 0.252. The molecule has 5 nitrogen and oxygen atoms in total. The van der Waals surface area contributed by atoms with E-state index in [1.54, 1.807) is 0 Å². The molecule has 0 aromatic heterocycles. The van der Waals surface area contributed by atoms with Crippen molar-refractivity contribution in [2.24, 2.45) is 11.8 Å². The number of ether oxygens (including phenoxy) is 2. The van der Waals surface area contributed by atoms with Crippen LogP contribution in [0.2, 0.25) is 0 Å². The normalized spacial score (nSPS) is 37.0. The van der Waals surface area contributed by atoms with Crippen LogP contribution in [0.25, 0.3) is 0 Å². The van der Waals surface area contributed by atoms with Gasteiger partial charge in [-0.15, -0.1) is 0 Å². The molecule has 1 heterocycles. The Morgan fingerprint density at radius 1 is 1.62 bits per heavy atom. The zero-order valence-corrected chi connectivity index (χ0v) is 9.22. The maximum Gasteiger partial charge on any atom is 0.306 e. The summed E-state index contributed by atoms with van der Waals surface area (Å²) < 4.78 is 10.4. The van der Waals surface area contributed by atoms with Crippen molar-refractivity contribution in [1.29, 1.82) is 0 Å². The number of aliphatic hydroxyl groups is 1. The molecular formula is C11H16O5. The molecule has 0 bridgehead atoms. The molecule has 0 aromatic carbocycles. The summed E-state index contributed by atoms with van der Waals surface area (Å²) >= 11 is 0. The predicted molar refractivity (Wildman–Crippen MR) is 53.4 cm³/mol. The highest BCUT2D eigenvalue weighted by Gasteiger charge is 2.50. The van der Waals surface area contributed by atoms with E-state index >= 15 is 0 Å². The summed E-state index contributed by atoms with van der Waals surface area (Å²) in [5.41, 5.74) is 0. The van der Waals surface area contributed by atoms with Crippen LogP contribution in [-0.4, -0.2) is 35.9 Å². The molecule has 1 aliphatic carbocycles. The van der Waals surface area contributed by atoms with Crippen LogP contribution in [0.3, 0.4) is 0 Å². The van der Waals surface area contributed by atoms with Gasteiger partial charge in [0.1, 0.15) is 12.2 Å². The van der Waals surface area contributed by atoms with E-state index in [0.29, 0.717) is 19.3 Å². The van der Waals surface area contributed by atoms with Gasteiger partial charge >= 0.3 is 11.9 Å². The van der Waals surface area contributed by atoms with Crippen LogP contribution in [0, 0.1) is 11.8 Å². The zero-order valence-electron chi connectivity index (χ0n) is 9.22. The smallest absolute Gasteiger partial charge is 0.306 e. The molecule has 2 fully saturated rings. The van der Waals surface area contributed by atoms with E-state index in [-0.39, 0.29) is 42.6 Å². The van der Waals surface area contributed by atoms with Gasteiger partial charge in [0, 0.05) is 31.8 Å². The fourth-order valence-electron chi connectivity index (χ4n) is 2.86. The highest BCUT2D eigenvalue weighted by molar-refractivity contribution is 5.72. The second-order valence-corrected chi connectivity index (χ2v) is 4.46. The SMILES string of the molecule is CC(=O)OC1C[C@H]2OC(=O)CC2C1CCO. The van der Waals surface area contributed by atoms with Gasteiger partial charge in [-0.25, -0.2) is 0 Å². The van der Waals surface area contributed by atoms with Crippen molar-refractivity contribution in [1.82, 2.24) is 0 Å². The molecule has 2 aliphatic rings. The Morgan fingerprint density at radius 2 is 2.38 bits per heavy atom. The lowest BCUT2D eigenvalue weighted by atomic mass is 9.89. The van der Waals surface area contributed by atoms with E-state index in [9.17, 15) is 9.59 Å². The second-order valence-electron chi connectivity index (χ2n) is 4.46. The van der Waals surface area contributed by atoms with Crippen molar-refractivity contribution in [2.75, 3.05) is 6.61 Å². The van der Waals surface area contributed by atoms with Gasteiger partial charge in [-0.05, 0) is 6.42 Å². The standard InChI is InChI=1S/C11H16O5/c1-6(13)15-9-5-10-8(4-11(14)16-10)7(9)2-3-12/h7-10,12H,2-5H2,1H3/t7?,8?,9?,10-/m1/s1. The summed E-state index contributed by atoms with van der Waals surface area (Å²) in [6.07, 6.45) is 1.16. The molecule has 0 radical (unpaired) electrons. The van der Waals surface area contributed by atoms with Gasteiger partial charge in [-0.2, -0.15) is 0 Å². The molecular weight excluding hydrogens is 212 g/mol. The van der Waals surface area contributed by atoms with Crippen molar-refractivity contribution in [3.05, 3.63) is 0 Å². The summed E-state index contributed by atoms with van der Waals surface area (Å²) in [4.78, 5) is 22.1. The van der Waals surface area contributed by atoms with Crippen LogP contribution in [0.15, 0.2) is 0 Å². The Bertz CT molecular complexity index is 301. The van der Waals surface area contributed by atoms with Crippen molar-refractivity contribution < 1.29 is 24.2 Å². The van der Waals surface area contributed by atoms with Crippen LogP contribution in [0.4, 0.5) is 0 Å². The lowest BCUT2D eigenvalue weighted by Crippen LogP contribution is -2.25. The van der Waals surface area contributed by atoms with Gasteiger partial charge in [0.05, 0.1) is 6.42 Å². The maximum atomic E-state index is 11.1. The molecule has 2 rings (SSSR count). The van der Waals surface area contributed by atoms with Crippen molar-refractivity contribution in [3.63, 3.8) is 0 Å². The number of aliphatic hydroxyl groups excluding tert-OH is 1. The minimum Gasteiger partial charge on any atom is -0.462 e. The molecule has 90 valence electrons. The Labute approximate surface area is 93.7 Å². The van der Waals surface area contributed by atoms with Crippen LogP contribution in [0.5, 0.6) is 0 Å². The molecule has 1 saturated heterocycles. The first-order valence-corrected chi connectivity index (χ1v) is 5.59. The number of fused-ring (bicyclic) bond motifs is 1. The van der Waals surface area contributed by atoms with Gasteiger partial charge in [0.15, 0.2) is 0 Å². The molecule has 4 atom stereocenters. The molecule has 16 heavy (non-hydrogen) atoms. The molecule has 3 unspecified atom stereocenters. The first-order valence-electron chi connectivity index (χ1n) is 5.59. The molecule has 1 N–H and O–H groups in total. The molecule has 0 spiro atoms. The van der Waals surface area contributed by atoms with Gasteiger partial charge < -0.3 is 14.6 Å². The summed E-state index contributed by atoms with van der Waals surface area (Å²) in [5.74, 6) is -0.354. The third-order valence-corrected chi connectivity index (χ3v) is 3.43. The lowest BCUT2D eigenvalue weighted by Gasteiger charge is -2.21. The Kier molecular flexibility index (Phi) is 3.14. The number of hydrogen-bond acceptors (Lipinski definition) is 5. The van der Waals surface area contributed by atoms with Gasteiger partial charge in [0.25, 0.3) is 0 Å². The highest BCUT2D eigenvalue weighted by atomic mass is 16.6. The van der Waals surface area contributed by atoms with Crippen LogP contribution in [0.1, 0.15) is 26.2 Å². The fourth-order valence-corrected chi connectivity index (χ4v) is 2.86. The third-order valence-electron chi connectivity index (χ3n) is 3.43. The quantitative estimate of drug-likeness (QED) is 0.701. The van der Waals surface area contributed by atoms with Gasteiger partial charge in [0.2, 0.25) is 0 Å². The van der Waals surface area contributed by atoms with Crippen molar-refractivity contribution in [2.45, 2.75) is 38.4 Å². The number of carbonyl (C=O) groups excluding carboxylic acids is 2. The van der Waals surface area contributed by atoms with E-state index in [4.69, 9.17) is 14.6 Å². The monoisotopic (exact) mass is 228 g/mol. The molecule has 0 aromatic rings. The zero-order chi connectivity index (χ0) is 11.7. The minimum absolute atomic E-state index is 0.0415. The Balaban J connectivity index is 2.06. The summed E-state index contributed by atoms with van der Waals surface area (Å²) in [6.45, 7) is 1.41. The Hall–Kier alpha value is -1.10. The van der Waals surface area contributed by atoms with Crippen molar-refractivity contribution in [3.8, 4) is 0 Å². The number of rotatable bonds is 3. The van der Waals surface area contributed by atoms with E-state index in [0.717, 1.165) is 0 Å². The van der Waals surface area contributed by atoms with Gasteiger partial charge in [-0.1, -0.05) is 0 Å². The van der Waals surface area contributed by atoms with E-state index in [1.807, 2.05) is 0 Å². The first-order chi connectivity index (χ1) is 7.61. The first kappa shape index (κ1) is 11.4. The third kappa shape index (κ3) is 2.04. The van der Waals surface area contributed by atoms with Crippen LogP contribution < -0.4 is 0 Å². The van der Waals surface area contributed by atoms with Crippen LogP contribution >= 0.6 is 0 Å². The Morgan fingerprint density at radius 3 is 3.00 bits per heavy atom. The van der Waals surface area contributed by atoms with Gasteiger partial charge in [-0.3, -0.25) is 9.59 Å². The summed E-state index contributed by atoms with van der Waals surface area (Å²) in [5, 5.41) is 9.00. The molecule has 5 heteroatoms. The van der Waals surface area contributed by atoms with E-state index in [1.165, 1.54) is 6.92 Å². The summed E-state index contributed by atoms with van der Waals surface area (Å²) in [7, 11) is 0. The van der Waals surface area contributed by atoms with Crippen molar-refractivity contribution >= 4 is 11.9 Å². The molecule has 1 saturated carbocycles. The molecule has 0 amide bonds. The molecule has 1 aliphatic heterocycles. The second kappa shape index (κ2) is 4.41. The lowest BCUT2D eigenvalue weighted by molar-refractivity contribution is -0.150.